The van der Waals surface area contributed by atoms with Crippen molar-refractivity contribution >= 4 is 7.12 Å². The molecule has 0 bridgehead atoms. The van der Waals surface area contributed by atoms with Gasteiger partial charge in [0.2, 0.25) is 0 Å². The van der Waals surface area contributed by atoms with Crippen LogP contribution in [-0.4, -0.2) is 23.4 Å². The van der Waals surface area contributed by atoms with Gasteiger partial charge in [-0.05, 0) is 33.3 Å². The van der Waals surface area contributed by atoms with Crippen LogP contribution < -0.4 is 0 Å². The molecule has 1 aliphatic heterocycles. The molecule has 3 nitrogen and oxygen atoms in total. The minimum absolute atomic E-state index is 0.122. The predicted molar refractivity (Wildman–Crippen MR) is 76.9 cm³/mol. The molecule has 0 aromatic heterocycles. The van der Waals surface area contributed by atoms with Crippen LogP contribution in [0, 0.1) is 0 Å². The first kappa shape index (κ1) is 14.6. The second-order valence-electron chi connectivity index (χ2n) is 6.34. The van der Waals surface area contributed by atoms with Gasteiger partial charge in [0.1, 0.15) is 0 Å². The molecule has 1 aromatic rings. The molecular formula is C15H23BO3. The Labute approximate surface area is 116 Å². The summed E-state index contributed by atoms with van der Waals surface area (Å²) in [6.45, 7) is 10.0. The average molecular weight is 262 g/mol. The normalized spacial score (nSPS) is 24.2. The Kier molecular flexibility index (Phi) is 3.78. The molecule has 4 heteroatoms. The van der Waals surface area contributed by atoms with Gasteiger partial charge in [-0.1, -0.05) is 37.3 Å². The molecule has 1 heterocycles. The van der Waals surface area contributed by atoms with Crippen molar-refractivity contribution in [3.63, 3.8) is 0 Å². The van der Waals surface area contributed by atoms with Gasteiger partial charge in [0.15, 0.2) is 0 Å². The van der Waals surface area contributed by atoms with E-state index < -0.39 is 6.10 Å². The Morgan fingerprint density at radius 2 is 1.47 bits per heavy atom. The Bertz CT molecular complexity index is 414. The summed E-state index contributed by atoms with van der Waals surface area (Å²) in [7, 11) is -0.389. The third kappa shape index (κ3) is 2.71. The van der Waals surface area contributed by atoms with Crippen LogP contribution in [0.15, 0.2) is 30.3 Å². The molecule has 0 saturated carbocycles. The van der Waals surface area contributed by atoms with Crippen LogP contribution >= 0.6 is 0 Å². The molecule has 0 spiro atoms. The molecule has 1 aliphatic rings. The molecule has 19 heavy (non-hydrogen) atoms. The lowest BCUT2D eigenvalue weighted by Gasteiger charge is -2.32. The average Bonchev–Trinajstić information content (AvgIpc) is 2.58. The number of benzene rings is 1. The van der Waals surface area contributed by atoms with E-state index in [0.717, 1.165) is 5.56 Å². The highest BCUT2D eigenvalue weighted by Crippen LogP contribution is 2.42. The molecule has 0 unspecified atom stereocenters. The van der Waals surface area contributed by atoms with Crippen LogP contribution in [0.3, 0.4) is 0 Å². The molecule has 1 N–H and O–H groups in total. The number of aliphatic hydroxyl groups is 1. The van der Waals surface area contributed by atoms with Crippen molar-refractivity contribution in [2.24, 2.45) is 0 Å². The van der Waals surface area contributed by atoms with E-state index in [1.807, 2.05) is 65.0 Å². The largest absolute Gasteiger partial charge is 0.463 e. The van der Waals surface area contributed by atoms with Gasteiger partial charge in [-0.15, -0.1) is 0 Å². The number of hydrogen-bond donors (Lipinski definition) is 1. The lowest BCUT2D eigenvalue weighted by Crippen LogP contribution is -2.41. The summed E-state index contributed by atoms with van der Waals surface area (Å²) in [5.41, 5.74) is 0.176. The number of aliphatic hydroxyl groups excluding tert-OH is 1. The quantitative estimate of drug-likeness (QED) is 0.850. The maximum Gasteiger partial charge on any atom is 0.463 e. The van der Waals surface area contributed by atoms with Crippen LogP contribution in [0.5, 0.6) is 0 Å². The van der Waals surface area contributed by atoms with Crippen LogP contribution in [0.1, 0.15) is 46.3 Å². The predicted octanol–water partition coefficient (Wildman–Crippen LogP) is 3.20. The van der Waals surface area contributed by atoms with E-state index in [9.17, 15) is 5.11 Å². The highest BCUT2D eigenvalue weighted by atomic mass is 16.7. The van der Waals surface area contributed by atoms with E-state index in [-0.39, 0.29) is 24.1 Å². The monoisotopic (exact) mass is 262 g/mol. The topological polar surface area (TPSA) is 38.7 Å². The summed E-state index contributed by atoms with van der Waals surface area (Å²) in [5.74, 6) is -0.122. The van der Waals surface area contributed by atoms with Crippen molar-refractivity contribution in [1.82, 2.24) is 0 Å². The Hall–Kier alpha value is -0.835. The van der Waals surface area contributed by atoms with Gasteiger partial charge in [0.05, 0.1) is 17.3 Å². The second-order valence-corrected chi connectivity index (χ2v) is 6.34. The van der Waals surface area contributed by atoms with Gasteiger partial charge >= 0.3 is 7.12 Å². The molecule has 1 aromatic carbocycles. The molecule has 2 rings (SSSR count). The third-order valence-corrected chi connectivity index (χ3v) is 4.34. The van der Waals surface area contributed by atoms with Gasteiger partial charge in [0, 0.05) is 5.82 Å². The second kappa shape index (κ2) is 4.93. The summed E-state index contributed by atoms with van der Waals surface area (Å²) < 4.78 is 12.0. The zero-order valence-corrected chi connectivity index (χ0v) is 12.4. The SMILES string of the molecule is C[C@@H](B1OC(C)(C)C(C)(C)O1)[C@H](O)c1ccccc1. The van der Waals surface area contributed by atoms with Gasteiger partial charge in [-0.25, -0.2) is 0 Å². The van der Waals surface area contributed by atoms with Gasteiger partial charge in [-0.2, -0.15) is 0 Å². The highest BCUT2D eigenvalue weighted by Gasteiger charge is 2.53. The first-order valence-electron chi connectivity index (χ1n) is 6.83. The standard InChI is InChI=1S/C15H23BO3/c1-11(13(17)12-9-7-6-8-10-12)16-18-14(2,3)15(4,5)19-16/h6-11,13,17H,1-5H3/t11-,13+/m1/s1. The van der Waals surface area contributed by atoms with E-state index in [1.54, 1.807) is 0 Å². The Balaban J connectivity index is 2.12. The van der Waals surface area contributed by atoms with Crippen LogP contribution in [0.2, 0.25) is 5.82 Å². The summed E-state index contributed by atoms with van der Waals surface area (Å²) in [6, 6.07) is 9.64. The van der Waals surface area contributed by atoms with E-state index in [0.29, 0.717) is 0 Å². The molecule has 1 fully saturated rings. The summed E-state index contributed by atoms with van der Waals surface area (Å²) >= 11 is 0. The minimum atomic E-state index is -0.587. The molecular weight excluding hydrogens is 239 g/mol. The maximum atomic E-state index is 10.4. The van der Waals surface area contributed by atoms with Crippen molar-refractivity contribution in [3.05, 3.63) is 35.9 Å². The Morgan fingerprint density at radius 3 is 1.95 bits per heavy atom. The molecule has 0 radical (unpaired) electrons. The first-order chi connectivity index (χ1) is 8.74. The van der Waals surface area contributed by atoms with Crippen molar-refractivity contribution < 1.29 is 14.4 Å². The van der Waals surface area contributed by atoms with Crippen molar-refractivity contribution in [1.29, 1.82) is 0 Å². The lowest BCUT2D eigenvalue weighted by molar-refractivity contribution is 0.00578. The summed E-state index contributed by atoms with van der Waals surface area (Å²) in [4.78, 5) is 0. The number of hydrogen-bond acceptors (Lipinski definition) is 3. The van der Waals surface area contributed by atoms with E-state index in [1.165, 1.54) is 0 Å². The maximum absolute atomic E-state index is 10.4. The van der Waals surface area contributed by atoms with Crippen LogP contribution in [0.25, 0.3) is 0 Å². The molecule has 0 amide bonds. The van der Waals surface area contributed by atoms with Crippen molar-refractivity contribution in [2.75, 3.05) is 0 Å². The van der Waals surface area contributed by atoms with Crippen LogP contribution in [-0.2, 0) is 9.31 Å². The minimum Gasteiger partial charge on any atom is -0.403 e. The van der Waals surface area contributed by atoms with Crippen molar-refractivity contribution in [2.45, 2.75) is 57.7 Å². The van der Waals surface area contributed by atoms with Crippen molar-refractivity contribution in [3.8, 4) is 0 Å². The number of rotatable bonds is 3. The van der Waals surface area contributed by atoms with Gasteiger partial charge in [-0.3, -0.25) is 0 Å². The Morgan fingerprint density at radius 1 is 1.00 bits per heavy atom. The first-order valence-corrected chi connectivity index (χ1v) is 6.83. The van der Waals surface area contributed by atoms with E-state index in [2.05, 4.69) is 0 Å². The smallest absolute Gasteiger partial charge is 0.403 e. The van der Waals surface area contributed by atoms with E-state index in [4.69, 9.17) is 9.31 Å². The zero-order chi connectivity index (χ0) is 14.3. The van der Waals surface area contributed by atoms with Crippen LogP contribution in [0.4, 0.5) is 0 Å². The molecule has 2 atom stereocenters. The lowest BCUT2D eigenvalue weighted by atomic mass is 9.68. The highest BCUT2D eigenvalue weighted by molar-refractivity contribution is 6.47. The fourth-order valence-electron chi connectivity index (χ4n) is 2.21. The fourth-order valence-corrected chi connectivity index (χ4v) is 2.21. The molecule has 1 saturated heterocycles. The van der Waals surface area contributed by atoms with Gasteiger partial charge < -0.3 is 14.4 Å². The summed E-state index contributed by atoms with van der Waals surface area (Å²) in [6.07, 6.45) is -0.587. The van der Waals surface area contributed by atoms with Gasteiger partial charge in [0.25, 0.3) is 0 Å². The fraction of sp³-hybridized carbons (Fsp3) is 0.600. The zero-order valence-electron chi connectivity index (χ0n) is 12.4. The summed E-state index contributed by atoms with van der Waals surface area (Å²) in [5, 5.41) is 10.4. The molecule has 104 valence electrons. The molecule has 0 aliphatic carbocycles. The van der Waals surface area contributed by atoms with E-state index >= 15 is 0 Å². The third-order valence-electron chi connectivity index (χ3n) is 4.34.